The van der Waals surface area contributed by atoms with Crippen molar-refractivity contribution >= 4 is 49.6 Å². The van der Waals surface area contributed by atoms with Crippen molar-refractivity contribution in [2.24, 2.45) is 10.8 Å². The molecule has 5 amide bonds. The maximum Gasteiger partial charge on any atom is 0.524 e. The van der Waals surface area contributed by atoms with Crippen LogP contribution in [-0.2, 0) is 67.5 Å². The molecule has 7 atom stereocenters. The van der Waals surface area contributed by atoms with Crippen LogP contribution < -0.4 is 36.1 Å². The zero-order valence-electron chi connectivity index (χ0n) is 62.4. The molecule has 0 aliphatic carbocycles. The highest BCUT2D eigenvalue weighted by molar-refractivity contribution is 7.46. The summed E-state index contributed by atoms with van der Waals surface area (Å²) in [7, 11) is -3.99. The number of piperazine rings is 1. The van der Waals surface area contributed by atoms with Gasteiger partial charge < -0.3 is 49.6 Å². The Labute approximate surface area is 629 Å². The van der Waals surface area contributed by atoms with Crippen molar-refractivity contribution in [3.05, 3.63) is 124 Å². The maximum atomic E-state index is 16.9. The molecule has 3 aromatic carbocycles. The summed E-state index contributed by atoms with van der Waals surface area (Å²) in [6.45, 7) is 7.06. The predicted octanol–water partition coefficient (Wildman–Crippen LogP) is 10.3. The minimum Gasteiger partial charge on any atom is -0.459 e. The number of fused-ring (bicyclic) bond motifs is 2. The van der Waals surface area contributed by atoms with E-state index in [1.807, 2.05) is 19.2 Å². The van der Waals surface area contributed by atoms with Gasteiger partial charge in [0.15, 0.2) is 0 Å². The second-order valence-electron chi connectivity index (χ2n) is 29.2. The lowest BCUT2D eigenvalue weighted by Gasteiger charge is -2.47. The molecule has 3 aliphatic heterocycles. The number of benzene rings is 3. The first-order valence-electron chi connectivity index (χ1n) is 35.4. The van der Waals surface area contributed by atoms with Gasteiger partial charge in [0.25, 0.3) is 5.91 Å². The van der Waals surface area contributed by atoms with E-state index in [1.165, 1.54) is 57.2 Å². The number of carbonyl (C=O) groups excluding carboxylic acids is 6. The molecule has 3 unspecified atom stereocenters. The topological polar surface area (TPSA) is 320 Å². The Hall–Kier alpha value is -9.14. The molecule has 0 radical (unpaired) electrons. The number of nitrogens with zero attached hydrogens (tertiary/aromatic N) is 7. The summed E-state index contributed by atoms with van der Waals surface area (Å²) in [6, 6.07) is 3.92. The van der Waals surface area contributed by atoms with Crippen molar-refractivity contribution in [2.45, 2.75) is 199 Å². The molecule has 26 nitrogen and oxygen atoms in total. The van der Waals surface area contributed by atoms with Gasteiger partial charge in [-0.05, 0) is 120 Å². The number of carbonyl (C=O) groups is 6. The van der Waals surface area contributed by atoms with E-state index in [4.69, 9.17) is 14.0 Å². The molecule has 110 heavy (non-hydrogen) atoms. The molecule has 3 saturated heterocycles. The Balaban J connectivity index is 1.27. The third kappa shape index (κ3) is 21.9. The number of alkyl carbamates (subject to hydrolysis) is 2. The van der Waals surface area contributed by atoms with E-state index in [1.54, 1.807) is 17.7 Å². The number of unbranched alkanes of at least 4 members (excludes halogenated alkanes) is 1. The van der Waals surface area contributed by atoms with Crippen LogP contribution in [0.25, 0.3) is 11.3 Å². The standard InChI is InChI=1S/C73H91F10N12O14P/c1-12-14-15-47(13-2)86-58(96)31-46-26-41(3)27-56(109-110(102,103)104)60(46)69(4,5)32-59(97)108-57(38-93(91-64(99)62(89-68(101)106-11)71(8,9)73(81,82)83)37-51-52(74)29-45(30-53(51)75)54-24-25-94(90-54)65(76)77)55(87-63(98)61(88-67(100)105-10)70(6,7)72(78,79)80)28-43-19-16-42(17-20-43)18-21-44-33-84-66(85-34-44)92-35-48-22-23-49(36-92)95(48)50-39-107-40-50/h16-17,19-20,24-27,29-30,33-34,47-50,55,57,61-62,65H,12-15,22-23,28,31-32,35-40H2,1-11H3,(H,86,96)(H,87,98)(H,88,100)(H,89,101)(H,91,99)(H2,102,103,104)/t47?,48?,49?,55-,57-,61+,62+/m0/s1. The largest absolute Gasteiger partial charge is 0.524 e. The van der Waals surface area contributed by atoms with Gasteiger partial charge in [-0.15, -0.1) is 0 Å². The number of methoxy groups -OCH3 is 2. The number of hydrogen-bond donors (Lipinski definition) is 7. The van der Waals surface area contributed by atoms with Crippen molar-refractivity contribution in [2.75, 3.05) is 52.0 Å². The Kier molecular flexibility index (Phi) is 28.2. The van der Waals surface area contributed by atoms with Gasteiger partial charge in [-0.25, -0.2) is 42.6 Å². The van der Waals surface area contributed by atoms with E-state index < -0.39 is 170 Å². The van der Waals surface area contributed by atoms with Crippen LogP contribution >= 0.6 is 7.82 Å². The first-order chi connectivity index (χ1) is 51.4. The maximum absolute atomic E-state index is 16.9. The lowest BCUT2D eigenvalue weighted by atomic mass is 9.77. The summed E-state index contributed by atoms with van der Waals surface area (Å²) in [4.78, 5) is 120. The van der Waals surface area contributed by atoms with Gasteiger partial charge in [-0.1, -0.05) is 70.6 Å². The molecule has 0 saturated carbocycles. The lowest BCUT2D eigenvalue weighted by Crippen LogP contribution is -2.64. The molecular formula is C73H91F10N12O14P. The fourth-order valence-corrected chi connectivity index (χ4v) is 13.9. The number of alkyl halides is 8. The number of halogens is 10. The predicted molar refractivity (Wildman–Crippen MR) is 378 cm³/mol. The highest BCUT2D eigenvalue weighted by atomic mass is 31.2. The number of nitrogens with one attached hydrogen (secondary N) is 5. The van der Waals surface area contributed by atoms with Crippen LogP contribution in [0.3, 0.4) is 0 Å². The number of esters is 1. The van der Waals surface area contributed by atoms with E-state index in [0.717, 1.165) is 65.3 Å². The number of phosphoric ester groups is 1. The third-order valence-electron chi connectivity index (χ3n) is 19.8. The molecule has 2 bridgehead atoms. The zero-order chi connectivity index (χ0) is 81.2. The Morgan fingerprint density at radius 1 is 0.764 bits per heavy atom. The summed E-state index contributed by atoms with van der Waals surface area (Å²) in [5, 5.41) is 13.1. The van der Waals surface area contributed by atoms with Crippen LogP contribution in [0.4, 0.5) is 59.4 Å². The van der Waals surface area contributed by atoms with Gasteiger partial charge in [0, 0.05) is 84.0 Å². The minimum absolute atomic E-state index is 0.0707. The average Bonchev–Trinajstić information content (AvgIpc) is 1.51. The van der Waals surface area contributed by atoms with E-state index in [0.29, 0.717) is 112 Å². The Morgan fingerprint density at radius 2 is 1.34 bits per heavy atom. The van der Waals surface area contributed by atoms with E-state index in [2.05, 4.69) is 62.2 Å². The summed E-state index contributed by atoms with van der Waals surface area (Å²) >= 11 is 0. The van der Waals surface area contributed by atoms with Crippen molar-refractivity contribution in [3.63, 3.8) is 0 Å². The van der Waals surface area contributed by atoms with Gasteiger partial charge in [0.2, 0.25) is 17.8 Å². The van der Waals surface area contributed by atoms with Gasteiger partial charge in [0.1, 0.15) is 35.6 Å². The number of hydrazine groups is 1. The van der Waals surface area contributed by atoms with Crippen molar-refractivity contribution in [1.29, 1.82) is 0 Å². The highest BCUT2D eigenvalue weighted by Crippen LogP contribution is 2.47. The molecule has 0 spiro atoms. The van der Waals surface area contributed by atoms with Crippen LogP contribution in [0, 0.1) is 41.2 Å². The first kappa shape index (κ1) is 86.5. The van der Waals surface area contributed by atoms with Crippen LogP contribution in [0.2, 0.25) is 0 Å². The number of amides is 5. The number of ether oxygens (including phenoxy) is 4. The summed E-state index contributed by atoms with van der Waals surface area (Å²) in [5.74, 6) is -2.59. The SMILES string of the molecule is CCCCC(CC)NC(=O)Cc1cc(C)cc(OP(=O)(O)O)c1C(C)(C)CC(=O)O[C@@H](CN(Cc1c(F)cc(-c2ccn(C(F)F)n2)cc1F)NC(=O)[C@@H](NC(=O)OC)C(C)(C)C(F)(F)F)[C@H](Cc1ccc(C#Cc2cnc(N3CC4CCC(C3)N4C3COC3)nc2)cc1)NC(=O)[C@@H](NC(=O)OC)C(C)(C)C(F)(F)F. The number of rotatable bonds is 32. The molecule has 2 aromatic heterocycles. The number of hydrogen-bond acceptors (Lipinski definition) is 18. The van der Waals surface area contributed by atoms with E-state index in [-0.39, 0.29) is 27.4 Å². The molecule has 8 rings (SSSR count). The normalized spacial score (nSPS) is 17.2. The summed E-state index contributed by atoms with van der Waals surface area (Å²) in [6.07, 6.45) is -9.74. The Morgan fingerprint density at radius 3 is 1.85 bits per heavy atom. The van der Waals surface area contributed by atoms with Gasteiger partial charge in [-0.2, -0.15) is 40.2 Å². The van der Waals surface area contributed by atoms with Crippen LogP contribution in [0.1, 0.15) is 146 Å². The number of anilines is 1. The lowest BCUT2D eigenvalue weighted by molar-refractivity contribution is -0.221. The number of aryl methyl sites for hydroxylation is 1. The van der Waals surface area contributed by atoms with Gasteiger partial charge in [0.05, 0.1) is 81.0 Å². The second-order valence-corrected chi connectivity index (χ2v) is 30.4. The average molecular weight is 1580 g/mol. The number of phosphoric acid groups is 1. The van der Waals surface area contributed by atoms with Crippen molar-refractivity contribution in [1.82, 2.24) is 56.4 Å². The summed E-state index contributed by atoms with van der Waals surface area (Å²) in [5.41, 5.74) is -7.06. The molecule has 602 valence electrons. The van der Waals surface area contributed by atoms with Crippen molar-refractivity contribution in [3.8, 4) is 28.8 Å². The van der Waals surface area contributed by atoms with Crippen molar-refractivity contribution < 1.29 is 110 Å². The van der Waals surface area contributed by atoms with Gasteiger partial charge in [-0.3, -0.25) is 39.3 Å². The zero-order valence-corrected chi connectivity index (χ0v) is 63.3. The second kappa shape index (κ2) is 35.9. The van der Waals surface area contributed by atoms with Gasteiger partial charge >= 0.3 is 44.9 Å². The van der Waals surface area contributed by atoms with E-state index >= 15 is 44.7 Å². The molecule has 37 heteroatoms. The quantitative estimate of drug-likeness (QED) is 0.00525. The fraction of sp³-hybridized carbons (Fsp3) is 0.548. The fourth-order valence-electron chi connectivity index (χ4n) is 13.5. The van der Waals surface area contributed by atoms with E-state index in [9.17, 15) is 42.3 Å². The Bertz CT molecular complexity index is 4170. The first-order valence-corrected chi connectivity index (χ1v) is 36.9. The van der Waals surface area contributed by atoms with Crippen LogP contribution in [-0.4, -0.2) is 183 Å². The molecule has 7 N–H and O–H groups in total. The van der Waals surface area contributed by atoms with Crippen LogP contribution in [0.5, 0.6) is 5.75 Å². The summed E-state index contributed by atoms with van der Waals surface area (Å²) < 4.78 is 192. The molecule has 5 aromatic rings. The molecule has 5 heterocycles. The molecular weight excluding hydrogens is 1490 g/mol. The molecule has 3 fully saturated rings. The molecule has 3 aliphatic rings. The highest BCUT2D eigenvalue weighted by Gasteiger charge is 2.58. The third-order valence-corrected chi connectivity index (χ3v) is 20.3. The minimum atomic E-state index is -5.51. The monoisotopic (exact) mass is 1580 g/mol. The smallest absolute Gasteiger partial charge is 0.459 e. The van der Waals surface area contributed by atoms with Crippen LogP contribution in [0.15, 0.2) is 73.2 Å². The number of aromatic nitrogens is 4.